The monoisotopic (exact) mass is 178 g/mol. The summed E-state index contributed by atoms with van der Waals surface area (Å²) in [5.41, 5.74) is 3.63. The first-order valence-corrected chi connectivity index (χ1v) is 4.27. The minimum Gasteiger partial charge on any atom is -0.365 e. The van der Waals surface area contributed by atoms with Gasteiger partial charge in [-0.1, -0.05) is 42.5 Å². The quantitative estimate of drug-likeness (QED) is 0.563. The van der Waals surface area contributed by atoms with E-state index in [2.05, 4.69) is 49.0 Å². The van der Waals surface area contributed by atoms with Gasteiger partial charge in [0.2, 0.25) is 0 Å². The Balaban J connectivity index is 2.89. The molecular weight excluding hydrogens is 166 g/mol. The molecule has 0 saturated carbocycles. The van der Waals surface area contributed by atoms with Crippen molar-refractivity contribution in [1.29, 1.82) is 0 Å². The molecule has 0 aliphatic rings. The zero-order chi connectivity index (χ0) is 9.03. The molecule has 1 aromatic carbocycles. The maximum atomic E-state index is 4.64. The van der Waals surface area contributed by atoms with Crippen LogP contribution in [0.3, 0.4) is 0 Å². The summed E-state index contributed by atoms with van der Waals surface area (Å²) < 4.78 is 0. The lowest BCUT2D eigenvalue weighted by molar-refractivity contribution is 0.495. The topological polar surface area (TPSA) is 12.0 Å². The number of nitrogens with one attached hydrogen (secondary N) is 1. The van der Waals surface area contributed by atoms with Gasteiger partial charge in [0.25, 0.3) is 0 Å². The van der Waals surface area contributed by atoms with Crippen molar-refractivity contribution < 1.29 is 0 Å². The van der Waals surface area contributed by atoms with E-state index in [9.17, 15) is 0 Å². The highest BCUT2D eigenvalue weighted by atomic mass is 32.1. The molecule has 0 saturated heterocycles. The van der Waals surface area contributed by atoms with E-state index in [1.54, 1.807) is 0 Å². The summed E-state index contributed by atoms with van der Waals surface area (Å²) in [7, 11) is 0. The van der Waals surface area contributed by atoms with Crippen molar-refractivity contribution in [2.24, 2.45) is 0 Å². The van der Waals surface area contributed by atoms with E-state index in [-0.39, 0.29) is 5.54 Å². The van der Waals surface area contributed by atoms with Gasteiger partial charge in [-0.3, -0.25) is 0 Å². The van der Waals surface area contributed by atoms with Crippen LogP contribution in [0.1, 0.15) is 19.4 Å². The third kappa shape index (κ3) is 2.05. The zero-order valence-electron chi connectivity index (χ0n) is 7.29. The third-order valence-electron chi connectivity index (χ3n) is 1.86. The molecule has 1 radical (unpaired) electrons. The molecule has 0 spiro atoms. The molecule has 0 aliphatic heterocycles. The summed E-state index contributed by atoms with van der Waals surface area (Å²) >= 11 is 4.64. The van der Waals surface area contributed by atoms with Crippen LogP contribution in [0.5, 0.6) is 0 Å². The minimum atomic E-state index is -0.122. The number of benzene rings is 1. The number of thiocarbonyl (C=S) groups is 1. The molecule has 1 rings (SSSR count). The van der Waals surface area contributed by atoms with Crippen molar-refractivity contribution in [2.75, 3.05) is 0 Å². The Hall–Kier alpha value is -0.890. The van der Waals surface area contributed by atoms with Crippen LogP contribution in [-0.2, 0) is 5.54 Å². The van der Waals surface area contributed by atoms with Gasteiger partial charge < -0.3 is 5.32 Å². The van der Waals surface area contributed by atoms with Gasteiger partial charge in [0.15, 0.2) is 0 Å². The molecule has 0 heterocycles. The highest BCUT2D eigenvalue weighted by molar-refractivity contribution is 7.78. The first-order chi connectivity index (χ1) is 5.67. The van der Waals surface area contributed by atoms with E-state index in [1.165, 1.54) is 5.56 Å². The molecule has 0 atom stereocenters. The summed E-state index contributed by atoms with van der Waals surface area (Å²) in [6, 6.07) is 10.2. The van der Waals surface area contributed by atoms with E-state index in [0.717, 1.165) is 0 Å². The molecule has 2 heteroatoms. The predicted octanol–water partition coefficient (Wildman–Crippen LogP) is 2.35. The fourth-order valence-corrected chi connectivity index (χ4v) is 1.31. The third-order valence-corrected chi connectivity index (χ3v) is 1.96. The second-order valence-corrected chi connectivity index (χ2v) is 3.42. The number of rotatable bonds is 3. The Morgan fingerprint density at radius 2 is 1.83 bits per heavy atom. The molecular formula is C10H12NS. The van der Waals surface area contributed by atoms with E-state index < -0.39 is 0 Å². The predicted molar refractivity (Wildman–Crippen MR) is 55.2 cm³/mol. The fourth-order valence-electron chi connectivity index (χ4n) is 1.05. The SMILES string of the molecule is CC(C)(N[C]=S)c1ccccc1. The number of hydrogen-bond acceptors (Lipinski definition) is 1. The summed E-state index contributed by atoms with van der Waals surface area (Å²) in [6.45, 7) is 4.14. The maximum absolute atomic E-state index is 4.64. The summed E-state index contributed by atoms with van der Waals surface area (Å²) in [4.78, 5) is 0. The van der Waals surface area contributed by atoms with E-state index >= 15 is 0 Å². The fraction of sp³-hybridized carbons (Fsp3) is 0.300. The minimum absolute atomic E-state index is 0.122. The molecule has 12 heavy (non-hydrogen) atoms. The van der Waals surface area contributed by atoms with Gasteiger partial charge in [0.1, 0.15) is 5.49 Å². The Bertz CT molecular complexity index is 254. The molecule has 1 N–H and O–H groups in total. The molecule has 63 valence electrons. The molecule has 0 unspecified atom stereocenters. The molecule has 0 aliphatic carbocycles. The largest absolute Gasteiger partial charge is 0.365 e. The van der Waals surface area contributed by atoms with Crippen molar-refractivity contribution in [2.45, 2.75) is 19.4 Å². The van der Waals surface area contributed by atoms with E-state index in [4.69, 9.17) is 0 Å². The van der Waals surface area contributed by atoms with Crippen LogP contribution in [0, 0.1) is 0 Å². The molecule has 0 amide bonds. The highest BCUT2D eigenvalue weighted by Crippen LogP contribution is 2.18. The van der Waals surface area contributed by atoms with Crippen LogP contribution >= 0.6 is 12.2 Å². The van der Waals surface area contributed by atoms with Gasteiger partial charge in [0.05, 0.1) is 5.54 Å². The van der Waals surface area contributed by atoms with Crippen molar-refractivity contribution in [3.63, 3.8) is 0 Å². The van der Waals surface area contributed by atoms with Crippen molar-refractivity contribution >= 4 is 17.7 Å². The lowest BCUT2D eigenvalue weighted by Gasteiger charge is -2.24. The molecule has 1 nitrogen and oxygen atoms in total. The smallest absolute Gasteiger partial charge is 0.134 e. The van der Waals surface area contributed by atoms with Gasteiger partial charge in [-0.25, -0.2) is 0 Å². The van der Waals surface area contributed by atoms with Gasteiger partial charge in [-0.15, -0.1) is 0 Å². The van der Waals surface area contributed by atoms with Crippen LogP contribution < -0.4 is 5.32 Å². The van der Waals surface area contributed by atoms with E-state index in [1.807, 2.05) is 18.2 Å². The summed E-state index contributed by atoms with van der Waals surface area (Å²) in [5.74, 6) is 0. The van der Waals surface area contributed by atoms with Gasteiger partial charge in [0, 0.05) is 0 Å². The van der Waals surface area contributed by atoms with Crippen LogP contribution in [0.2, 0.25) is 0 Å². The van der Waals surface area contributed by atoms with Crippen molar-refractivity contribution in [3.05, 3.63) is 35.9 Å². The number of hydrogen-bond donors (Lipinski definition) is 1. The standard InChI is InChI=1S/C10H12NS/c1-10(2,11-8-12)9-6-4-3-5-7-9/h3-7H,1-2H3,(H,11,12). The van der Waals surface area contributed by atoms with Gasteiger partial charge >= 0.3 is 0 Å². The van der Waals surface area contributed by atoms with Gasteiger partial charge in [-0.2, -0.15) is 0 Å². The average molecular weight is 178 g/mol. The lowest BCUT2D eigenvalue weighted by Crippen LogP contribution is -2.34. The highest BCUT2D eigenvalue weighted by Gasteiger charge is 2.17. The normalized spacial score (nSPS) is 10.8. The summed E-state index contributed by atoms with van der Waals surface area (Å²) in [6.07, 6.45) is 0. The van der Waals surface area contributed by atoms with Crippen LogP contribution in [-0.4, -0.2) is 5.49 Å². The average Bonchev–Trinajstić information content (AvgIpc) is 2.06. The molecule has 0 bridgehead atoms. The van der Waals surface area contributed by atoms with E-state index in [0.29, 0.717) is 0 Å². The zero-order valence-corrected chi connectivity index (χ0v) is 8.11. The summed E-state index contributed by atoms with van der Waals surface area (Å²) in [5, 5.41) is 3.00. The van der Waals surface area contributed by atoms with Crippen LogP contribution in [0.4, 0.5) is 0 Å². The van der Waals surface area contributed by atoms with Crippen molar-refractivity contribution in [3.8, 4) is 0 Å². The Morgan fingerprint density at radius 3 is 2.33 bits per heavy atom. The Kier molecular flexibility index (Phi) is 2.82. The van der Waals surface area contributed by atoms with Crippen molar-refractivity contribution in [1.82, 2.24) is 5.32 Å². The second-order valence-electron chi connectivity index (χ2n) is 3.22. The molecule has 0 fully saturated rings. The van der Waals surface area contributed by atoms with Crippen LogP contribution in [0.15, 0.2) is 30.3 Å². The molecule has 1 aromatic rings. The maximum Gasteiger partial charge on any atom is 0.134 e. The molecule has 0 aromatic heterocycles. The Morgan fingerprint density at radius 1 is 1.25 bits per heavy atom. The van der Waals surface area contributed by atoms with Crippen LogP contribution in [0.25, 0.3) is 0 Å². The second kappa shape index (κ2) is 3.68. The first-order valence-electron chi connectivity index (χ1n) is 3.86. The lowest BCUT2D eigenvalue weighted by atomic mass is 9.95. The first kappa shape index (κ1) is 9.20. The Labute approximate surface area is 78.8 Å². The van der Waals surface area contributed by atoms with Gasteiger partial charge in [-0.05, 0) is 19.4 Å².